The Hall–Kier alpha value is -2.72. The van der Waals surface area contributed by atoms with Crippen LogP contribution in [0.2, 0.25) is 0 Å². The monoisotopic (exact) mass is 400 g/mol. The van der Waals surface area contributed by atoms with Gasteiger partial charge in [0.05, 0.1) is 12.8 Å². The van der Waals surface area contributed by atoms with Gasteiger partial charge in [-0.25, -0.2) is 9.97 Å². The zero-order chi connectivity index (χ0) is 18.8. The number of hydrogen-bond donors (Lipinski definition) is 1. The number of ether oxygens (including phenoxy) is 1. The SMILES string of the molecule is CCc1nn2c(=O)cc(CSc3n[nH]c(-c4cccc(OC)c4)n3)nc2s1. The van der Waals surface area contributed by atoms with Crippen LogP contribution in [0.4, 0.5) is 0 Å². The summed E-state index contributed by atoms with van der Waals surface area (Å²) in [5, 5.41) is 12.9. The predicted molar refractivity (Wildman–Crippen MR) is 104 cm³/mol. The van der Waals surface area contributed by atoms with E-state index in [1.807, 2.05) is 31.2 Å². The first kappa shape index (κ1) is 17.7. The number of rotatable bonds is 6. The summed E-state index contributed by atoms with van der Waals surface area (Å²) in [5.41, 5.74) is 1.41. The molecule has 4 aromatic rings. The van der Waals surface area contributed by atoms with E-state index in [1.54, 1.807) is 7.11 Å². The van der Waals surface area contributed by atoms with Crippen molar-refractivity contribution in [3.05, 3.63) is 51.4 Å². The van der Waals surface area contributed by atoms with Gasteiger partial charge in [-0.2, -0.15) is 9.61 Å². The second kappa shape index (κ2) is 7.49. The van der Waals surface area contributed by atoms with E-state index < -0.39 is 0 Å². The maximum atomic E-state index is 12.2. The van der Waals surface area contributed by atoms with Crippen molar-refractivity contribution in [2.75, 3.05) is 7.11 Å². The third-order valence-corrected chi connectivity index (χ3v) is 5.73. The van der Waals surface area contributed by atoms with Crippen molar-refractivity contribution in [3.8, 4) is 17.1 Å². The second-order valence-electron chi connectivity index (χ2n) is 5.62. The van der Waals surface area contributed by atoms with Gasteiger partial charge in [0.15, 0.2) is 5.82 Å². The van der Waals surface area contributed by atoms with Crippen LogP contribution >= 0.6 is 23.1 Å². The molecule has 0 unspecified atom stereocenters. The Bertz CT molecular complexity index is 1150. The number of H-pyrrole nitrogens is 1. The number of aromatic amines is 1. The lowest BCUT2D eigenvalue weighted by atomic mass is 10.2. The zero-order valence-electron chi connectivity index (χ0n) is 14.7. The van der Waals surface area contributed by atoms with Gasteiger partial charge < -0.3 is 4.74 Å². The van der Waals surface area contributed by atoms with E-state index in [4.69, 9.17) is 4.74 Å². The molecule has 3 heterocycles. The molecule has 1 aromatic carbocycles. The molecule has 10 heteroatoms. The summed E-state index contributed by atoms with van der Waals surface area (Å²) in [6.45, 7) is 2.00. The van der Waals surface area contributed by atoms with E-state index in [1.165, 1.54) is 33.7 Å². The summed E-state index contributed by atoms with van der Waals surface area (Å²) < 4.78 is 6.59. The summed E-state index contributed by atoms with van der Waals surface area (Å²) in [5.74, 6) is 1.92. The lowest BCUT2D eigenvalue weighted by Gasteiger charge is -2.00. The molecule has 8 nitrogen and oxygen atoms in total. The molecule has 0 amide bonds. The predicted octanol–water partition coefficient (Wildman–Crippen LogP) is 2.80. The van der Waals surface area contributed by atoms with Crippen LogP contribution in [-0.2, 0) is 12.2 Å². The van der Waals surface area contributed by atoms with Gasteiger partial charge in [0.1, 0.15) is 10.8 Å². The molecule has 0 atom stereocenters. The molecule has 0 saturated heterocycles. The number of benzene rings is 1. The first-order valence-electron chi connectivity index (χ1n) is 8.24. The molecule has 0 aliphatic rings. The number of nitrogens with one attached hydrogen (secondary N) is 1. The van der Waals surface area contributed by atoms with Crippen molar-refractivity contribution in [2.45, 2.75) is 24.3 Å². The molecule has 3 aromatic heterocycles. The number of thioether (sulfide) groups is 1. The zero-order valence-corrected chi connectivity index (χ0v) is 16.3. The van der Waals surface area contributed by atoms with Gasteiger partial charge in [0.2, 0.25) is 10.1 Å². The van der Waals surface area contributed by atoms with Gasteiger partial charge in [-0.3, -0.25) is 9.89 Å². The molecule has 0 saturated carbocycles. The Kier molecular flexibility index (Phi) is 4.90. The highest BCUT2D eigenvalue weighted by Gasteiger charge is 2.11. The van der Waals surface area contributed by atoms with Crippen LogP contribution in [-0.4, -0.2) is 36.9 Å². The highest BCUT2D eigenvalue weighted by Crippen LogP contribution is 2.24. The van der Waals surface area contributed by atoms with E-state index in [2.05, 4.69) is 25.3 Å². The normalized spacial score (nSPS) is 11.2. The van der Waals surface area contributed by atoms with Gasteiger partial charge in [0, 0.05) is 17.4 Å². The van der Waals surface area contributed by atoms with E-state index in [-0.39, 0.29) is 5.56 Å². The number of fused-ring (bicyclic) bond motifs is 1. The van der Waals surface area contributed by atoms with Crippen LogP contribution in [0.3, 0.4) is 0 Å². The van der Waals surface area contributed by atoms with Crippen molar-refractivity contribution in [2.24, 2.45) is 0 Å². The highest BCUT2D eigenvalue weighted by atomic mass is 32.2. The Morgan fingerprint density at radius 2 is 2.19 bits per heavy atom. The quantitative estimate of drug-likeness (QED) is 0.497. The first-order chi connectivity index (χ1) is 13.2. The fourth-order valence-corrected chi connectivity index (χ4v) is 4.01. The van der Waals surface area contributed by atoms with Gasteiger partial charge >= 0.3 is 0 Å². The molecular formula is C17H16N6O2S2. The molecule has 0 radical (unpaired) electrons. The van der Waals surface area contributed by atoms with Crippen LogP contribution in [0.1, 0.15) is 17.6 Å². The molecule has 0 aliphatic heterocycles. The number of methoxy groups -OCH3 is 1. The standard InChI is InChI=1S/C17H16N6O2S2/c1-3-13-22-23-14(24)8-11(18-17(23)27-13)9-26-16-19-15(20-21-16)10-5-4-6-12(7-10)25-2/h4-8H,3,9H2,1-2H3,(H,19,20,21). The summed E-state index contributed by atoms with van der Waals surface area (Å²) in [6.07, 6.45) is 0.780. The van der Waals surface area contributed by atoms with Crippen LogP contribution in [0.5, 0.6) is 5.75 Å². The van der Waals surface area contributed by atoms with E-state index in [0.29, 0.717) is 27.4 Å². The Balaban J connectivity index is 1.51. The van der Waals surface area contributed by atoms with Crippen LogP contribution in [0.25, 0.3) is 16.3 Å². The van der Waals surface area contributed by atoms with E-state index >= 15 is 0 Å². The number of hydrogen-bond acceptors (Lipinski definition) is 8. The lowest BCUT2D eigenvalue weighted by molar-refractivity contribution is 0.415. The maximum Gasteiger partial charge on any atom is 0.275 e. The minimum atomic E-state index is -0.168. The van der Waals surface area contributed by atoms with Gasteiger partial charge in [-0.05, 0) is 18.6 Å². The number of aryl methyl sites for hydroxylation is 1. The molecule has 0 fully saturated rings. The fourth-order valence-electron chi connectivity index (χ4n) is 2.46. The number of nitrogens with zero attached hydrogens (tertiary/aromatic N) is 5. The van der Waals surface area contributed by atoms with Crippen LogP contribution in [0.15, 0.2) is 40.3 Å². The van der Waals surface area contributed by atoms with Gasteiger partial charge in [-0.15, -0.1) is 5.10 Å². The third kappa shape index (κ3) is 3.71. The summed E-state index contributed by atoms with van der Waals surface area (Å²) in [6, 6.07) is 9.10. The van der Waals surface area contributed by atoms with Crippen molar-refractivity contribution in [1.29, 1.82) is 0 Å². The largest absolute Gasteiger partial charge is 0.497 e. The highest BCUT2D eigenvalue weighted by molar-refractivity contribution is 7.98. The smallest absolute Gasteiger partial charge is 0.275 e. The lowest BCUT2D eigenvalue weighted by Crippen LogP contribution is -2.15. The Morgan fingerprint density at radius 1 is 1.30 bits per heavy atom. The summed E-state index contributed by atoms with van der Waals surface area (Å²) in [4.78, 5) is 21.8. The van der Waals surface area contributed by atoms with Crippen molar-refractivity contribution in [3.63, 3.8) is 0 Å². The first-order valence-corrected chi connectivity index (χ1v) is 10.0. The maximum absolute atomic E-state index is 12.2. The van der Waals surface area contributed by atoms with Crippen molar-refractivity contribution >= 4 is 28.1 Å². The van der Waals surface area contributed by atoms with Gasteiger partial charge in [-0.1, -0.05) is 42.2 Å². The molecule has 1 N–H and O–H groups in total. The Morgan fingerprint density at radius 3 is 3.00 bits per heavy atom. The van der Waals surface area contributed by atoms with Crippen LogP contribution in [0, 0.1) is 0 Å². The topological polar surface area (TPSA) is 98.1 Å². The molecule has 0 bridgehead atoms. The van der Waals surface area contributed by atoms with Gasteiger partial charge in [0.25, 0.3) is 5.56 Å². The molecule has 27 heavy (non-hydrogen) atoms. The summed E-state index contributed by atoms with van der Waals surface area (Å²) >= 11 is 2.85. The van der Waals surface area contributed by atoms with E-state index in [9.17, 15) is 4.79 Å². The average molecular weight is 400 g/mol. The minimum Gasteiger partial charge on any atom is -0.497 e. The van der Waals surface area contributed by atoms with Crippen molar-refractivity contribution in [1.82, 2.24) is 29.8 Å². The molecule has 138 valence electrons. The van der Waals surface area contributed by atoms with E-state index in [0.717, 1.165) is 22.7 Å². The molecule has 0 aliphatic carbocycles. The Labute approximate surface area is 162 Å². The fraction of sp³-hybridized carbons (Fsp3) is 0.235. The number of aromatic nitrogens is 6. The molecule has 0 spiro atoms. The second-order valence-corrected chi connectivity index (χ2v) is 7.60. The van der Waals surface area contributed by atoms with Crippen molar-refractivity contribution < 1.29 is 4.74 Å². The average Bonchev–Trinajstić information content (AvgIpc) is 3.33. The molecular weight excluding hydrogens is 384 g/mol. The van der Waals surface area contributed by atoms with Crippen LogP contribution < -0.4 is 10.3 Å². The third-order valence-electron chi connectivity index (χ3n) is 3.80. The molecule has 4 rings (SSSR count). The minimum absolute atomic E-state index is 0.168. The summed E-state index contributed by atoms with van der Waals surface area (Å²) in [7, 11) is 1.62.